The van der Waals surface area contributed by atoms with E-state index in [1.807, 2.05) is 0 Å². The smallest absolute Gasteiger partial charge is 0.0594 e. The molecule has 0 radical (unpaired) electrons. The second-order valence-electron chi connectivity index (χ2n) is 7.22. The summed E-state index contributed by atoms with van der Waals surface area (Å²) in [6.07, 6.45) is 9.92. The average molecular weight is 253 g/mol. The Bertz CT molecular complexity index is 245. The van der Waals surface area contributed by atoms with Crippen LogP contribution >= 0.6 is 0 Å². The monoisotopic (exact) mass is 253 g/mol. The van der Waals surface area contributed by atoms with E-state index in [9.17, 15) is 0 Å². The first-order chi connectivity index (χ1) is 8.57. The molecule has 2 aliphatic rings. The molecule has 2 atom stereocenters. The maximum Gasteiger partial charge on any atom is 0.0594 e. The molecule has 1 N–H and O–H groups in total. The summed E-state index contributed by atoms with van der Waals surface area (Å²) >= 11 is 0. The Hall–Kier alpha value is -0.0800. The molecule has 18 heavy (non-hydrogen) atoms. The van der Waals surface area contributed by atoms with Crippen molar-refractivity contribution in [1.82, 2.24) is 5.32 Å². The Morgan fingerprint density at radius 1 is 1.17 bits per heavy atom. The van der Waals surface area contributed by atoms with Gasteiger partial charge in [-0.3, -0.25) is 0 Å². The SMILES string of the molecule is CC1CC(C)(C)CCC1NCCOC1CCCC1. The molecule has 0 bridgehead atoms. The van der Waals surface area contributed by atoms with Crippen molar-refractivity contribution in [2.24, 2.45) is 11.3 Å². The van der Waals surface area contributed by atoms with Gasteiger partial charge in [0.25, 0.3) is 0 Å². The van der Waals surface area contributed by atoms with E-state index >= 15 is 0 Å². The van der Waals surface area contributed by atoms with E-state index in [1.54, 1.807) is 0 Å². The Balaban J connectivity index is 1.59. The van der Waals surface area contributed by atoms with E-state index in [0.29, 0.717) is 17.6 Å². The summed E-state index contributed by atoms with van der Waals surface area (Å²) in [5.41, 5.74) is 0.554. The van der Waals surface area contributed by atoms with Crippen LogP contribution in [0, 0.1) is 11.3 Å². The molecule has 0 amide bonds. The molecule has 0 aromatic rings. The van der Waals surface area contributed by atoms with Crippen LogP contribution in [-0.4, -0.2) is 25.3 Å². The van der Waals surface area contributed by atoms with E-state index in [4.69, 9.17) is 4.74 Å². The molecule has 2 unspecified atom stereocenters. The van der Waals surface area contributed by atoms with E-state index < -0.39 is 0 Å². The Morgan fingerprint density at radius 3 is 2.56 bits per heavy atom. The highest BCUT2D eigenvalue weighted by Gasteiger charge is 2.31. The molecule has 2 heteroatoms. The first-order valence-electron chi connectivity index (χ1n) is 7.92. The van der Waals surface area contributed by atoms with Crippen molar-refractivity contribution in [2.45, 2.75) is 77.9 Å². The first kappa shape index (κ1) is 14.3. The maximum absolute atomic E-state index is 5.91. The van der Waals surface area contributed by atoms with Crippen molar-refractivity contribution in [3.05, 3.63) is 0 Å². The van der Waals surface area contributed by atoms with Gasteiger partial charge in [0.05, 0.1) is 12.7 Å². The zero-order valence-electron chi connectivity index (χ0n) is 12.5. The highest BCUT2D eigenvalue weighted by Crippen LogP contribution is 2.38. The second-order valence-corrected chi connectivity index (χ2v) is 7.22. The summed E-state index contributed by atoms with van der Waals surface area (Å²) in [4.78, 5) is 0. The summed E-state index contributed by atoms with van der Waals surface area (Å²) in [6.45, 7) is 9.14. The quantitative estimate of drug-likeness (QED) is 0.753. The molecule has 2 fully saturated rings. The van der Waals surface area contributed by atoms with Gasteiger partial charge in [-0.15, -0.1) is 0 Å². The standard InChI is InChI=1S/C16H31NO/c1-13-12-16(2,3)9-8-15(13)17-10-11-18-14-6-4-5-7-14/h13-15,17H,4-12H2,1-3H3. The predicted octanol–water partition coefficient (Wildman–Crippen LogP) is 3.75. The minimum Gasteiger partial charge on any atom is -0.377 e. The minimum absolute atomic E-state index is 0.554. The van der Waals surface area contributed by atoms with E-state index in [-0.39, 0.29) is 0 Å². The van der Waals surface area contributed by atoms with Crippen molar-refractivity contribution in [1.29, 1.82) is 0 Å². The van der Waals surface area contributed by atoms with Crippen LogP contribution in [-0.2, 0) is 4.74 Å². The third kappa shape index (κ3) is 4.24. The first-order valence-corrected chi connectivity index (χ1v) is 7.92. The summed E-state index contributed by atoms with van der Waals surface area (Å²) in [5.74, 6) is 0.806. The molecule has 0 heterocycles. The number of hydrogen-bond donors (Lipinski definition) is 1. The molecule has 0 aromatic carbocycles. The lowest BCUT2D eigenvalue weighted by Gasteiger charge is -2.39. The van der Waals surface area contributed by atoms with Gasteiger partial charge in [0.1, 0.15) is 0 Å². The van der Waals surface area contributed by atoms with Gasteiger partial charge < -0.3 is 10.1 Å². The lowest BCUT2D eigenvalue weighted by molar-refractivity contribution is 0.0549. The largest absolute Gasteiger partial charge is 0.377 e. The Kier molecular flexibility index (Phi) is 5.08. The normalized spacial score (nSPS) is 32.8. The zero-order valence-corrected chi connectivity index (χ0v) is 12.5. The topological polar surface area (TPSA) is 21.3 Å². The molecule has 0 aromatic heterocycles. The van der Waals surface area contributed by atoms with Gasteiger partial charge in [0, 0.05) is 12.6 Å². The van der Waals surface area contributed by atoms with E-state index in [1.165, 1.54) is 44.9 Å². The number of hydrogen-bond acceptors (Lipinski definition) is 2. The number of rotatable bonds is 5. The van der Waals surface area contributed by atoms with Crippen LogP contribution in [0.15, 0.2) is 0 Å². The summed E-state index contributed by atoms with van der Waals surface area (Å²) < 4.78 is 5.91. The van der Waals surface area contributed by atoms with Crippen LogP contribution in [0.3, 0.4) is 0 Å². The highest BCUT2D eigenvalue weighted by atomic mass is 16.5. The fraction of sp³-hybridized carbons (Fsp3) is 1.00. The Labute approximate surface area is 113 Å². The Morgan fingerprint density at radius 2 is 1.89 bits per heavy atom. The van der Waals surface area contributed by atoms with Crippen LogP contribution in [0.25, 0.3) is 0 Å². The zero-order chi connectivity index (χ0) is 13.0. The van der Waals surface area contributed by atoms with Crippen molar-refractivity contribution in [2.75, 3.05) is 13.2 Å². The van der Waals surface area contributed by atoms with Crippen molar-refractivity contribution in [3.8, 4) is 0 Å². The van der Waals surface area contributed by atoms with Crippen molar-refractivity contribution < 1.29 is 4.74 Å². The molecular weight excluding hydrogens is 222 g/mol. The highest BCUT2D eigenvalue weighted by molar-refractivity contribution is 4.86. The molecule has 2 nitrogen and oxygen atoms in total. The summed E-state index contributed by atoms with van der Waals surface area (Å²) in [5, 5.41) is 3.71. The predicted molar refractivity (Wildman–Crippen MR) is 76.8 cm³/mol. The number of ether oxygens (including phenoxy) is 1. The lowest BCUT2D eigenvalue weighted by Crippen LogP contribution is -2.43. The van der Waals surface area contributed by atoms with E-state index in [0.717, 1.165) is 19.1 Å². The molecule has 2 aliphatic carbocycles. The second kappa shape index (κ2) is 6.38. The van der Waals surface area contributed by atoms with Gasteiger partial charge in [-0.05, 0) is 43.4 Å². The third-order valence-electron chi connectivity index (χ3n) is 4.86. The fourth-order valence-corrected chi connectivity index (χ4v) is 3.77. The van der Waals surface area contributed by atoms with Crippen molar-refractivity contribution in [3.63, 3.8) is 0 Å². The minimum atomic E-state index is 0.554. The molecule has 2 saturated carbocycles. The molecule has 0 spiro atoms. The molecular formula is C16H31NO. The van der Waals surface area contributed by atoms with Gasteiger partial charge in [-0.1, -0.05) is 33.6 Å². The van der Waals surface area contributed by atoms with E-state index in [2.05, 4.69) is 26.1 Å². The number of nitrogens with one attached hydrogen (secondary N) is 1. The van der Waals surface area contributed by atoms with Gasteiger partial charge in [0.2, 0.25) is 0 Å². The van der Waals surface area contributed by atoms with Gasteiger partial charge in [-0.2, -0.15) is 0 Å². The summed E-state index contributed by atoms with van der Waals surface area (Å²) in [7, 11) is 0. The van der Waals surface area contributed by atoms with Crippen LogP contribution < -0.4 is 5.32 Å². The summed E-state index contributed by atoms with van der Waals surface area (Å²) in [6, 6.07) is 0.713. The fourth-order valence-electron chi connectivity index (χ4n) is 3.77. The van der Waals surface area contributed by atoms with Gasteiger partial charge in [-0.25, -0.2) is 0 Å². The lowest BCUT2D eigenvalue weighted by atomic mass is 9.70. The van der Waals surface area contributed by atoms with Crippen LogP contribution in [0.4, 0.5) is 0 Å². The third-order valence-corrected chi connectivity index (χ3v) is 4.86. The van der Waals surface area contributed by atoms with Crippen LogP contribution in [0.1, 0.15) is 65.7 Å². The average Bonchev–Trinajstić information content (AvgIpc) is 2.78. The van der Waals surface area contributed by atoms with Gasteiger partial charge in [0.15, 0.2) is 0 Å². The van der Waals surface area contributed by atoms with Gasteiger partial charge >= 0.3 is 0 Å². The molecule has 0 saturated heterocycles. The van der Waals surface area contributed by atoms with Crippen LogP contribution in [0.2, 0.25) is 0 Å². The molecule has 106 valence electrons. The van der Waals surface area contributed by atoms with Crippen molar-refractivity contribution >= 4 is 0 Å². The molecule has 2 rings (SSSR count). The van der Waals surface area contributed by atoms with Crippen LogP contribution in [0.5, 0.6) is 0 Å². The molecule has 0 aliphatic heterocycles. The maximum atomic E-state index is 5.91.